The van der Waals surface area contributed by atoms with Crippen molar-refractivity contribution < 1.29 is 4.79 Å². The molecule has 0 radical (unpaired) electrons. The van der Waals surface area contributed by atoms with E-state index < -0.39 is 0 Å². The fourth-order valence-corrected chi connectivity index (χ4v) is 2.75. The number of aryl methyl sites for hydroxylation is 1. The number of nitrogens with zero attached hydrogens (tertiary/aromatic N) is 2. The number of carbonyl (C=O) groups is 1. The van der Waals surface area contributed by atoms with Gasteiger partial charge in [0.1, 0.15) is 0 Å². The van der Waals surface area contributed by atoms with Gasteiger partial charge in [0.15, 0.2) is 0 Å². The van der Waals surface area contributed by atoms with E-state index >= 15 is 0 Å². The Labute approximate surface area is 125 Å². The van der Waals surface area contributed by atoms with Gasteiger partial charge in [0.05, 0.1) is 11.4 Å². The summed E-state index contributed by atoms with van der Waals surface area (Å²) in [5.74, 6) is 0.933. The SMILES string of the molecule is Cc1nn(-c2ccccc2)c(C)c1CNC(=O)C1CC1C. The maximum absolute atomic E-state index is 12.0. The molecule has 0 spiro atoms. The first kappa shape index (κ1) is 13.9. The van der Waals surface area contributed by atoms with Crippen LogP contribution in [0.15, 0.2) is 30.3 Å². The van der Waals surface area contributed by atoms with E-state index in [1.807, 2.05) is 48.9 Å². The van der Waals surface area contributed by atoms with Gasteiger partial charge in [-0.1, -0.05) is 25.1 Å². The summed E-state index contributed by atoms with van der Waals surface area (Å²) in [4.78, 5) is 12.0. The Morgan fingerprint density at radius 1 is 1.33 bits per heavy atom. The summed E-state index contributed by atoms with van der Waals surface area (Å²) in [6.45, 7) is 6.72. The van der Waals surface area contributed by atoms with Gasteiger partial charge in [-0.25, -0.2) is 4.68 Å². The molecule has 4 nitrogen and oxygen atoms in total. The summed E-state index contributed by atoms with van der Waals surface area (Å²) in [7, 11) is 0. The highest BCUT2D eigenvalue weighted by molar-refractivity contribution is 5.81. The zero-order valence-corrected chi connectivity index (χ0v) is 12.8. The van der Waals surface area contributed by atoms with Crippen molar-refractivity contribution in [2.45, 2.75) is 33.7 Å². The Balaban J connectivity index is 1.77. The lowest BCUT2D eigenvalue weighted by atomic mass is 10.2. The van der Waals surface area contributed by atoms with Crippen molar-refractivity contribution in [1.82, 2.24) is 15.1 Å². The second-order valence-corrected chi connectivity index (χ2v) is 5.93. The fraction of sp³-hybridized carbons (Fsp3) is 0.412. The Kier molecular flexibility index (Phi) is 3.53. The molecule has 1 fully saturated rings. The maximum atomic E-state index is 12.0. The third-order valence-electron chi connectivity index (χ3n) is 4.33. The monoisotopic (exact) mass is 283 g/mol. The minimum absolute atomic E-state index is 0.175. The van der Waals surface area contributed by atoms with Crippen LogP contribution in [0.4, 0.5) is 0 Å². The Morgan fingerprint density at radius 3 is 2.62 bits per heavy atom. The van der Waals surface area contributed by atoms with Crippen molar-refractivity contribution in [2.75, 3.05) is 0 Å². The first-order valence-electron chi connectivity index (χ1n) is 7.46. The lowest BCUT2D eigenvalue weighted by Gasteiger charge is -2.07. The highest BCUT2D eigenvalue weighted by Crippen LogP contribution is 2.37. The predicted molar refractivity (Wildman–Crippen MR) is 82.2 cm³/mol. The molecule has 0 aliphatic heterocycles. The normalized spacial score (nSPS) is 20.3. The Hall–Kier alpha value is -2.10. The first-order valence-corrected chi connectivity index (χ1v) is 7.46. The fourth-order valence-electron chi connectivity index (χ4n) is 2.75. The molecule has 21 heavy (non-hydrogen) atoms. The van der Waals surface area contributed by atoms with Crippen molar-refractivity contribution >= 4 is 5.91 Å². The van der Waals surface area contributed by atoms with Gasteiger partial charge in [-0.2, -0.15) is 5.10 Å². The Morgan fingerprint density at radius 2 is 2.00 bits per heavy atom. The van der Waals surface area contributed by atoms with Crippen LogP contribution in [-0.2, 0) is 11.3 Å². The summed E-state index contributed by atoms with van der Waals surface area (Å²) in [6, 6.07) is 10.1. The molecule has 3 rings (SSSR count). The summed E-state index contributed by atoms with van der Waals surface area (Å²) < 4.78 is 1.94. The predicted octanol–water partition coefficient (Wildman–Crippen LogP) is 2.76. The quantitative estimate of drug-likeness (QED) is 0.938. The molecule has 0 bridgehead atoms. The number of carbonyl (C=O) groups excluding carboxylic acids is 1. The van der Waals surface area contributed by atoms with Gasteiger partial charge in [-0.3, -0.25) is 4.79 Å². The molecule has 1 heterocycles. The molecule has 1 aliphatic rings. The maximum Gasteiger partial charge on any atom is 0.223 e. The van der Waals surface area contributed by atoms with Gasteiger partial charge in [-0.15, -0.1) is 0 Å². The zero-order chi connectivity index (χ0) is 15.0. The van der Waals surface area contributed by atoms with E-state index in [0.717, 1.165) is 29.1 Å². The van der Waals surface area contributed by atoms with E-state index in [2.05, 4.69) is 17.3 Å². The minimum Gasteiger partial charge on any atom is -0.352 e. The van der Waals surface area contributed by atoms with Crippen molar-refractivity contribution in [3.63, 3.8) is 0 Å². The molecule has 1 amide bonds. The second kappa shape index (κ2) is 5.35. The largest absolute Gasteiger partial charge is 0.352 e. The van der Waals surface area contributed by atoms with E-state index in [1.165, 1.54) is 0 Å². The van der Waals surface area contributed by atoms with Crippen molar-refractivity contribution in [3.05, 3.63) is 47.3 Å². The number of nitrogens with one attached hydrogen (secondary N) is 1. The number of benzene rings is 1. The highest BCUT2D eigenvalue weighted by atomic mass is 16.2. The summed E-state index contributed by atoms with van der Waals surface area (Å²) in [5, 5.41) is 7.64. The molecular formula is C17H21N3O. The summed E-state index contributed by atoms with van der Waals surface area (Å²) in [6.07, 6.45) is 1.02. The molecule has 4 heteroatoms. The van der Waals surface area contributed by atoms with Crippen LogP contribution in [0.2, 0.25) is 0 Å². The van der Waals surface area contributed by atoms with Crippen LogP contribution in [-0.4, -0.2) is 15.7 Å². The molecule has 1 aromatic carbocycles. The summed E-state index contributed by atoms with van der Waals surface area (Å²) >= 11 is 0. The Bertz CT molecular complexity index is 660. The number of hydrogen-bond donors (Lipinski definition) is 1. The van der Waals surface area contributed by atoms with Crippen molar-refractivity contribution in [3.8, 4) is 5.69 Å². The highest BCUT2D eigenvalue weighted by Gasteiger charge is 2.38. The average molecular weight is 283 g/mol. The smallest absolute Gasteiger partial charge is 0.223 e. The number of amides is 1. The van der Waals surface area contributed by atoms with Crippen LogP contribution in [0.25, 0.3) is 5.69 Å². The molecule has 2 aromatic rings. The molecule has 0 saturated heterocycles. The molecule has 1 aromatic heterocycles. The lowest BCUT2D eigenvalue weighted by Crippen LogP contribution is -2.25. The summed E-state index contributed by atoms with van der Waals surface area (Å²) in [5.41, 5.74) is 4.22. The van der Waals surface area contributed by atoms with E-state index in [4.69, 9.17) is 0 Å². The zero-order valence-electron chi connectivity index (χ0n) is 12.8. The van der Waals surface area contributed by atoms with Gasteiger partial charge in [-0.05, 0) is 38.3 Å². The molecule has 2 atom stereocenters. The van der Waals surface area contributed by atoms with Crippen molar-refractivity contribution in [2.24, 2.45) is 11.8 Å². The van der Waals surface area contributed by atoms with E-state index in [0.29, 0.717) is 12.5 Å². The van der Waals surface area contributed by atoms with E-state index in [9.17, 15) is 4.79 Å². The van der Waals surface area contributed by atoms with Crippen LogP contribution in [0, 0.1) is 25.7 Å². The molecule has 2 unspecified atom stereocenters. The molecule has 1 aliphatic carbocycles. The number of para-hydroxylation sites is 1. The van der Waals surface area contributed by atoms with Gasteiger partial charge in [0.2, 0.25) is 5.91 Å². The van der Waals surface area contributed by atoms with Gasteiger partial charge >= 0.3 is 0 Å². The van der Waals surface area contributed by atoms with Crippen LogP contribution in [0.5, 0.6) is 0 Å². The van der Waals surface area contributed by atoms with Gasteiger partial charge in [0, 0.05) is 23.7 Å². The van der Waals surface area contributed by atoms with E-state index in [1.54, 1.807) is 0 Å². The third-order valence-corrected chi connectivity index (χ3v) is 4.33. The third kappa shape index (κ3) is 2.71. The number of hydrogen-bond acceptors (Lipinski definition) is 2. The van der Waals surface area contributed by atoms with Crippen LogP contribution in [0.1, 0.15) is 30.3 Å². The molecule has 110 valence electrons. The minimum atomic E-state index is 0.175. The number of rotatable bonds is 4. The molecule has 1 N–H and O–H groups in total. The van der Waals surface area contributed by atoms with E-state index in [-0.39, 0.29) is 11.8 Å². The number of aromatic nitrogens is 2. The van der Waals surface area contributed by atoms with Gasteiger partial charge < -0.3 is 5.32 Å². The standard InChI is InChI=1S/C17H21N3O/c1-11-9-15(11)17(21)18-10-16-12(2)19-20(13(16)3)14-7-5-4-6-8-14/h4-8,11,15H,9-10H2,1-3H3,(H,18,21). The lowest BCUT2D eigenvalue weighted by molar-refractivity contribution is -0.122. The second-order valence-electron chi connectivity index (χ2n) is 5.93. The van der Waals surface area contributed by atoms with Crippen LogP contribution >= 0.6 is 0 Å². The van der Waals surface area contributed by atoms with Crippen molar-refractivity contribution in [1.29, 1.82) is 0 Å². The molecule has 1 saturated carbocycles. The average Bonchev–Trinajstić information content (AvgIpc) is 3.15. The van der Waals surface area contributed by atoms with Crippen LogP contribution in [0.3, 0.4) is 0 Å². The van der Waals surface area contributed by atoms with Crippen LogP contribution < -0.4 is 5.32 Å². The topological polar surface area (TPSA) is 46.9 Å². The molecular weight excluding hydrogens is 262 g/mol. The first-order chi connectivity index (χ1) is 10.1. The van der Waals surface area contributed by atoms with Gasteiger partial charge in [0.25, 0.3) is 0 Å².